The number of hydrogen-bond acceptors (Lipinski definition) is 4. The van der Waals surface area contributed by atoms with Gasteiger partial charge in [0.05, 0.1) is 19.3 Å². The number of para-hydroxylation sites is 2. The minimum absolute atomic E-state index is 0.0526. The number of anilines is 1. The van der Waals surface area contributed by atoms with E-state index in [2.05, 4.69) is 19.2 Å². The first-order chi connectivity index (χ1) is 13.4. The zero-order chi connectivity index (χ0) is 20.5. The number of hydrogen-bond donors (Lipinski definition) is 1. The van der Waals surface area contributed by atoms with Gasteiger partial charge in [-0.3, -0.25) is 9.59 Å². The Morgan fingerprint density at radius 1 is 1.07 bits per heavy atom. The molecule has 0 bridgehead atoms. The Morgan fingerprint density at radius 2 is 1.75 bits per heavy atom. The van der Waals surface area contributed by atoms with E-state index < -0.39 is 0 Å². The summed E-state index contributed by atoms with van der Waals surface area (Å²) in [5.74, 6) is 1.10. The first-order valence-electron chi connectivity index (χ1n) is 9.38. The maximum atomic E-state index is 12.4. The second kappa shape index (κ2) is 10.3. The number of rotatable bonds is 9. The Balaban J connectivity index is 1.89. The lowest BCUT2D eigenvalue weighted by Gasteiger charge is -2.21. The molecule has 2 amide bonds. The van der Waals surface area contributed by atoms with E-state index in [1.165, 1.54) is 17.6 Å². The van der Waals surface area contributed by atoms with Crippen LogP contribution in [0.3, 0.4) is 0 Å². The zero-order valence-corrected chi connectivity index (χ0v) is 16.9. The molecule has 0 aromatic heterocycles. The predicted octanol–water partition coefficient (Wildman–Crippen LogP) is 3.68. The molecule has 6 heteroatoms. The Hall–Kier alpha value is -3.02. The van der Waals surface area contributed by atoms with E-state index in [-0.39, 0.29) is 25.0 Å². The van der Waals surface area contributed by atoms with Gasteiger partial charge < -0.3 is 19.7 Å². The fraction of sp³-hybridized carbons (Fsp3) is 0.364. The van der Waals surface area contributed by atoms with Crippen molar-refractivity contribution in [1.82, 2.24) is 4.90 Å². The van der Waals surface area contributed by atoms with E-state index in [1.807, 2.05) is 37.3 Å². The van der Waals surface area contributed by atoms with E-state index in [0.717, 1.165) is 0 Å². The van der Waals surface area contributed by atoms with Crippen LogP contribution in [0, 0.1) is 0 Å². The first kappa shape index (κ1) is 21.3. The van der Waals surface area contributed by atoms with Crippen molar-refractivity contribution in [2.45, 2.75) is 26.7 Å². The van der Waals surface area contributed by atoms with E-state index >= 15 is 0 Å². The summed E-state index contributed by atoms with van der Waals surface area (Å²) in [4.78, 5) is 26.2. The molecule has 2 aromatic carbocycles. The SMILES string of the molecule is CCN(CC(=O)Nc1ccccc1OC)C(=O)COc1ccc(C(C)C)cc1. The van der Waals surface area contributed by atoms with Gasteiger partial charge in [-0.15, -0.1) is 0 Å². The second-order valence-corrected chi connectivity index (χ2v) is 6.67. The van der Waals surface area contributed by atoms with Gasteiger partial charge in [0, 0.05) is 6.54 Å². The van der Waals surface area contributed by atoms with Gasteiger partial charge in [0.1, 0.15) is 11.5 Å². The molecular weight excluding hydrogens is 356 g/mol. The summed E-state index contributed by atoms with van der Waals surface area (Å²) in [5, 5.41) is 2.77. The van der Waals surface area contributed by atoms with Gasteiger partial charge in [0.2, 0.25) is 5.91 Å². The maximum Gasteiger partial charge on any atom is 0.260 e. The van der Waals surface area contributed by atoms with Crippen LogP contribution in [0.4, 0.5) is 5.69 Å². The normalized spacial score (nSPS) is 10.5. The van der Waals surface area contributed by atoms with Crippen LogP contribution >= 0.6 is 0 Å². The summed E-state index contributed by atoms with van der Waals surface area (Å²) >= 11 is 0. The number of likely N-dealkylation sites (N-methyl/N-ethyl adjacent to an activating group) is 1. The summed E-state index contributed by atoms with van der Waals surface area (Å²) in [7, 11) is 1.54. The standard InChI is InChI=1S/C22H28N2O4/c1-5-24(14-21(25)23-19-8-6-7-9-20(19)27-4)22(26)15-28-18-12-10-17(11-13-18)16(2)3/h6-13,16H,5,14-15H2,1-4H3,(H,23,25). The van der Waals surface area contributed by atoms with Crippen LogP contribution in [0.25, 0.3) is 0 Å². The Labute approximate surface area is 166 Å². The summed E-state index contributed by atoms with van der Waals surface area (Å²) < 4.78 is 10.8. The number of benzene rings is 2. The summed E-state index contributed by atoms with van der Waals surface area (Å²) in [6, 6.07) is 14.8. The maximum absolute atomic E-state index is 12.4. The van der Waals surface area contributed by atoms with Crippen LogP contribution in [-0.2, 0) is 9.59 Å². The molecule has 0 spiro atoms. The molecule has 0 aliphatic rings. The molecular formula is C22H28N2O4. The van der Waals surface area contributed by atoms with Gasteiger partial charge in [0.15, 0.2) is 6.61 Å². The second-order valence-electron chi connectivity index (χ2n) is 6.67. The van der Waals surface area contributed by atoms with Crippen molar-refractivity contribution in [2.75, 3.05) is 32.1 Å². The minimum Gasteiger partial charge on any atom is -0.495 e. The van der Waals surface area contributed by atoms with Crippen LogP contribution < -0.4 is 14.8 Å². The monoisotopic (exact) mass is 384 g/mol. The van der Waals surface area contributed by atoms with Gasteiger partial charge in [-0.25, -0.2) is 0 Å². The molecule has 6 nitrogen and oxygen atoms in total. The lowest BCUT2D eigenvalue weighted by molar-refractivity contribution is -0.136. The van der Waals surface area contributed by atoms with E-state index in [9.17, 15) is 9.59 Å². The molecule has 0 saturated carbocycles. The molecule has 0 aliphatic carbocycles. The molecule has 0 atom stereocenters. The molecule has 0 heterocycles. The van der Waals surface area contributed by atoms with Crippen molar-refractivity contribution in [3.8, 4) is 11.5 Å². The largest absolute Gasteiger partial charge is 0.495 e. The zero-order valence-electron chi connectivity index (χ0n) is 16.9. The van der Waals surface area contributed by atoms with Crippen molar-refractivity contribution < 1.29 is 19.1 Å². The molecule has 0 aliphatic heterocycles. The number of ether oxygens (including phenoxy) is 2. The lowest BCUT2D eigenvalue weighted by Crippen LogP contribution is -2.40. The highest BCUT2D eigenvalue weighted by Gasteiger charge is 2.17. The fourth-order valence-corrected chi connectivity index (χ4v) is 2.67. The predicted molar refractivity (Wildman–Crippen MR) is 110 cm³/mol. The number of nitrogens with zero attached hydrogens (tertiary/aromatic N) is 1. The van der Waals surface area contributed by atoms with Crippen LogP contribution in [0.1, 0.15) is 32.3 Å². The number of carbonyl (C=O) groups is 2. The van der Waals surface area contributed by atoms with Crippen molar-refractivity contribution in [1.29, 1.82) is 0 Å². The third-order valence-electron chi connectivity index (χ3n) is 4.36. The Morgan fingerprint density at radius 3 is 2.36 bits per heavy atom. The smallest absolute Gasteiger partial charge is 0.260 e. The first-order valence-corrected chi connectivity index (χ1v) is 9.38. The third-order valence-corrected chi connectivity index (χ3v) is 4.36. The highest BCUT2D eigenvalue weighted by atomic mass is 16.5. The van der Waals surface area contributed by atoms with Crippen molar-refractivity contribution in [3.63, 3.8) is 0 Å². The summed E-state index contributed by atoms with van der Waals surface area (Å²) in [6.07, 6.45) is 0. The van der Waals surface area contributed by atoms with Crippen LogP contribution in [0.5, 0.6) is 11.5 Å². The van der Waals surface area contributed by atoms with Crippen molar-refractivity contribution in [2.24, 2.45) is 0 Å². The quantitative estimate of drug-likeness (QED) is 0.716. The lowest BCUT2D eigenvalue weighted by atomic mass is 10.0. The van der Waals surface area contributed by atoms with Gasteiger partial charge >= 0.3 is 0 Å². The topological polar surface area (TPSA) is 67.9 Å². The Bertz CT molecular complexity index is 787. The van der Waals surface area contributed by atoms with Gasteiger partial charge in [-0.1, -0.05) is 38.1 Å². The average molecular weight is 384 g/mol. The van der Waals surface area contributed by atoms with Crippen LogP contribution in [0.2, 0.25) is 0 Å². The summed E-state index contributed by atoms with van der Waals surface area (Å²) in [6.45, 7) is 6.31. The molecule has 28 heavy (non-hydrogen) atoms. The molecule has 1 N–H and O–H groups in total. The number of amides is 2. The Kier molecular flexibility index (Phi) is 7.87. The third kappa shape index (κ3) is 6.01. The summed E-state index contributed by atoms with van der Waals surface area (Å²) in [5.41, 5.74) is 1.78. The number of methoxy groups -OCH3 is 1. The average Bonchev–Trinajstić information content (AvgIpc) is 2.70. The molecule has 2 rings (SSSR count). The van der Waals surface area contributed by atoms with E-state index in [4.69, 9.17) is 9.47 Å². The highest BCUT2D eigenvalue weighted by molar-refractivity contribution is 5.95. The molecule has 0 radical (unpaired) electrons. The highest BCUT2D eigenvalue weighted by Crippen LogP contribution is 2.23. The van der Waals surface area contributed by atoms with Gasteiger partial charge in [0.25, 0.3) is 5.91 Å². The molecule has 0 saturated heterocycles. The fourth-order valence-electron chi connectivity index (χ4n) is 2.67. The minimum atomic E-state index is -0.291. The molecule has 150 valence electrons. The van der Waals surface area contributed by atoms with Crippen LogP contribution in [-0.4, -0.2) is 43.5 Å². The van der Waals surface area contributed by atoms with Gasteiger partial charge in [-0.2, -0.15) is 0 Å². The van der Waals surface area contributed by atoms with Crippen molar-refractivity contribution >= 4 is 17.5 Å². The van der Waals surface area contributed by atoms with E-state index in [0.29, 0.717) is 29.6 Å². The number of nitrogens with one attached hydrogen (secondary N) is 1. The molecule has 2 aromatic rings. The van der Waals surface area contributed by atoms with Crippen molar-refractivity contribution in [3.05, 3.63) is 54.1 Å². The van der Waals surface area contributed by atoms with Gasteiger partial charge in [-0.05, 0) is 42.7 Å². The van der Waals surface area contributed by atoms with Crippen LogP contribution in [0.15, 0.2) is 48.5 Å². The molecule has 0 fully saturated rings. The van der Waals surface area contributed by atoms with E-state index in [1.54, 1.807) is 18.2 Å². The number of carbonyl (C=O) groups excluding carboxylic acids is 2. The molecule has 0 unspecified atom stereocenters.